The third-order valence-corrected chi connectivity index (χ3v) is 3.83. The molecule has 0 aliphatic carbocycles. The summed E-state index contributed by atoms with van der Waals surface area (Å²) >= 11 is 9.47. The third kappa shape index (κ3) is 2.10. The van der Waals surface area contributed by atoms with Crippen molar-refractivity contribution >= 4 is 44.0 Å². The minimum atomic E-state index is 0.488. The fourth-order valence-corrected chi connectivity index (χ4v) is 2.49. The Morgan fingerprint density at radius 1 is 1.15 bits per heavy atom. The molecule has 0 radical (unpaired) electrons. The van der Waals surface area contributed by atoms with Crippen molar-refractivity contribution < 1.29 is 0 Å². The summed E-state index contributed by atoms with van der Waals surface area (Å²) in [5, 5.41) is 10.3. The van der Waals surface area contributed by atoms with Gasteiger partial charge in [-0.15, -0.1) is 5.10 Å². The summed E-state index contributed by atoms with van der Waals surface area (Å²) in [5.74, 6) is 0.656. The number of hydrogen-bond acceptors (Lipinski definition) is 5. The van der Waals surface area contributed by atoms with Crippen molar-refractivity contribution in [3.63, 3.8) is 0 Å². The summed E-state index contributed by atoms with van der Waals surface area (Å²) in [5.41, 5.74) is 7.80. The highest BCUT2D eigenvalue weighted by Crippen LogP contribution is 2.34. The van der Waals surface area contributed by atoms with Crippen molar-refractivity contribution in [2.75, 3.05) is 5.73 Å². The van der Waals surface area contributed by atoms with Gasteiger partial charge in [-0.05, 0) is 28.9 Å². The van der Waals surface area contributed by atoms with E-state index in [2.05, 4.69) is 36.1 Å². The summed E-state index contributed by atoms with van der Waals surface area (Å²) in [4.78, 5) is 8.54. The van der Waals surface area contributed by atoms with E-state index < -0.39 is 0 Å². The molecular weight excluding hydrogens is 342 g/mol. The van der Waals surface area contributed by atoms with E-state index in [1.165, 1.54) is 0 Å². The number of halogens is 2. The van der Waals surface area contributed by atoms with Crippen LogP contribution in [0.3, 0.4) is 0 Å². The van der Waals surface area contributed by atoms with Crippen LogP contribution in [-0.4, -0.2) is 20.2 Å². The van der Waals surface area contributed by atoms with E-state index in [-0.39, 0.29) is 0 Å². The van der Waals surface area contributed by atoms with E-state index in [4.69, 9.17) is 17.3 Å². The lowest BCUT2D eigenvalue weighted by molar-refractivity contribution is 1.01. The van der Waals surface area contributed by atoms with E-state index in [1.807, 2.05) is 13.0 Å². The average molecular weight is 351 g/mol. The predicted molar refractivity (Wildman–Crippen MR) is 82.4 cm³/mol. The molecule has 0 aliphatic heterocycles. The van der Waals surface area contributed by atoms with Gasteiger partial charge in [0.25, 0.3) is 0 Å². The zero-order valence-electron chi connectivity index (χ0n) is 10.4. The lowest BCUT2D eigenvalue weighted by atomic mass is 10.1. The van der Waals surface area contributed by atoms with Crippen molar-refractivity contribution in [2.45, 2.75) is 6.92 Å². The molecule has 0 aliphatic rings. The average Bonchev–Trinajstić information content (AvgIpc) is 2.45. The number of hydrogen-bond donors (Lipinski definition) is 1. The number of nitrogens with zero attached hydrogens (tertiary/aromatic N) is 4. The molecule has 1 aromatic carbocycles. The number of benzene rings is 1. The smallest absolute Gasteiger partial charge is 0.126 e. The maximum atomic E-state index is 6.03. The maximum Gasteiger partial charge on any atom is 0.126 e. The van der Waals surface area contributed by atoms with E-state index in [9.17, 15) is 0 Å². The third-order valence-electron chi connectivity index (χ3n) is 2.92. The van der Waals surface area contributed by atoms with Crippen LogP contribution in [0.5, 0.6) is 0 Å². The van der Waals surface area contributed by atoms with Crippen molar-refractivity contribution in [3.05, 3.63) is 39.8 Å². The number of fused-ring (bicyclic) bond motifs is 1. The second-order valence-corrected chi connectivity index (χ2v) is 5.49. The van der Waals surface area contributed by atoms with Gasteiger partial charge in [0.15, 0.2) is 0 Å². The van der Waals surface area contributed by atoms with Crippen LogP contribution >= 0.6 is 27.5 Å². The molecule has 0 atom stereocenters. The Morgan fingerprint density at radius 3 is 2.75 bits per heavy atom. The van der Waals surface area contributed by atoms with Gasteiger partial charge in [-0.25, -0.2) is 9.97 Å². The molecule has 2 aromatic heterocycles. The van der Waals surface area contributed by atoms with Crippen LogP contribution in [0, 0.1) is 6.92 Å². The molecule has 0 amide bonds. The molecule has 100 valence electrons. The van der Waals surface area contributed by atoms with Gasteiger partial charge in [-0.2, -0.15) is 5.10 Å². The number of aromatic nitrogens is 4. The molecule has 0 spiro atoms. The van der Waals surface area contributed by atoms with Crippen LogP contribution < -0.4 is 5.73 Å². The minimum absolute atomic E-state index is 0.488. The topological polar surface area (TPSA) is 77.6 Å². The number of nitrogens with two attached hydrogens (primary N) is 1. The second kappa shape index (κ2) is 4.96. The van der Waals surface area contributed by atoms with Gasteiger partial charge in [-0.3, -0.25) is 0 Å². The summed E-state index contributed by atoms with van der Waals surface area (Å²) < 4.78 is 0.749. The van der Waals surface area contributed by atoms with E-state index in [0.29, 0.717) is 27.9 Å². The molecule has 0 saturated carbocycles. The van der Waals surface area contributed by atoms with Crippen LogP contribution in [0.25, 0.3) is 22.2 Å². The van der Waals surface area contributed by atoms with Gasteiger partial charge in [-0.1, -0.05) is 17.7 Å². The highest BCUT2D eigenvalue weighted by molar-refractivity contribution is 9.10. The summed E-state index contributed by atoms with van der Waals surface area (Å²) in [7, 11) is 0. The summed E-state index contributed by atoms with van der Waals surface area (Å²) in [6, 6.07) is 3.61. The molecular formula is C13H9BrClN5. The van der Waals surface area contributed by atoms with E-state index in [1.54, 1.807) is 18.5 Å². The van der Waals surface area contributed by atoms with Crippen molar-refractivity contribution in [1.82, 2.24) is 20.2 Å². The molecule has 0 fully saturated rings. The largest absolute Gasteiger partial charge is 0.397 e. The predicted octanol–water partition coefficient (Wildman–Crippen LogP) is 3.39. The van der Waals surface area contributed by atoms with Crippen molar-refractivity contribution in [3.8, 4) is 11.4 Å². The molecule has 0 bridgehead atoms. The summed E-state index contributed by atoms with van der Waals surface area (Å²) in [6.07, 6.45) is 3.29. The Hall–Kier alpha value is -1.79. The highest BCUT2D eigenvalue weighted by Gasteiger charge is 2.14. The van der Waals surface area contributed by atoms with Gasteiger partial charge in [0.2, 0.25) is 0 Å². The Balaban J connectivity index is 2.37. The lowest BCUT2D eigenvalue weighted by Crippen LogP contribution is -1.98. The molecule has 20 heavy (non-hydrogen) atoms. The van der Waals surface area contributed by atoms with Crippen molar-refractivity contribution in [1.29, 1.82) is 0 Å². The van der Waals surface area contributed by atoms with Crippen LogP contribution in [0.1, 0.15) is 5.82 Å². The van der Waals surface area contributed by atoms with E-state index in [0.717, 1.165) is 15.2 Å². The first-order valence-corrected chi connectivity index (χ1v) is 6.94. The van der Waals surface area contributed by atoms with Gasteiger partial charge in [0.05, 0.1) is 21.4 Å². The Labute approximate surface area is 128 Å². The molecule has 3 aromatic rings. The van der Waals surface area contributed by atoms with Crippen LogP contribution in [0.2, 0.25) is 5.02 Å². The molecule has 5 nitrogen and oxygen atoms in total. The first-order valence-electron chi connectivity index (χ1n) is 5.77. The Kier molecular flexibility index (Phi) is 3.27. The molecule has 7 heteroatoms. The monoisotopic (exact) mass is 349 g/mol. The molecule has 2 heterocycles. The lowest BCUT2D eigenvalue weighted by Gasteiger charge is -2.08. The standard InChI is InChI=1S/C13H9BrClN5/c1-6-17-5-9(14)13(19-6)12-7-2-3-10(15)11(16)8(7)4-18-20-12/h2-5H,16H2,1H3. The minimum Gasteiger partial charge on any atom is -0.397 e. The second-order valence-electron chi connectivity index (χ2n) is 4.23. The van der Waals surface area contributed by atoms with Crippen molar-refractivity contribution in [2.24, 2.45) is 0 Å². The zero-order chi connectivity index (χ0) is 14.3. The highest BCUT2D eigenvalue weighted by atomic mass is 79.9. The number of anilines is 1. The fraction of sp³-hybridized carbons (Fsp3) is 0.0769. The normalized spacial score (nSPS) is 10.9. The van der Waals surface area contributed by atoms with Crippen LogP contribution in [0.4, 0.5) is 5.69 Å². The first-order chi connectivity index (χ1) is 9.58. The van der Waals surface area contributed by atoms with Crippen LogP contribution in [-0.2, 0) is 0 Å². The molecule has 2 N–H and O–H groups in total. The van der Waals surface area contributed by atoms with Gasteiger partial charge < -0.3 is 5.73 Å². The van der Waals surface area contributed by atoms with Gasteiger partial charge in [0.1, 0.15) is 17.2 Å². The zero-order valence-corrected chi connectivity index (χ0v) is 12.8. The molecule has 0 unspecified atom stereocenters. The quantitative estimate of drug-likeness (QED) is 0.681. The van der Waals surface area contributed by atoms with Crippen LogP contribution in [0.15, 0.2) is 29.0 Å². The molecule has 0 saturated heterocycles. The Bertz CT molecular complexity index is 821. The summed E-state index contributed by atoms with van der Waals surface area (Å²) in [6.45, 7) is 1.82. The van der Waals surface area contributed by atoms with Gasteiger partial charge in [0, 0.05) is 17.0 Å². The maximum absolute atomic E-state index is 6.03. The fourth-order valence-electron chi connectivity index (χ4n) is 1.95. The number of nitrogen functional groups attached to an aromatic ring is 1. The first kappa shape index (κ1) is 13.2. The Morgan fingerprint density at radius 2 is 1.95 bits per heavy atom. The SMILES string of the molecule is Cc1ncc(Br)c(-c2nncc3c(N)c(Cl)ccc23)n1. The van der Waals surface area contributed by atoms with Gasteiger partial charge >= 0.3 is 0 Å². The number of rotatable bonds is 1. The number of aryl methyl sites for hydroxylation is 1. The van der Waals surface area contributed by atoms with E-state index >= 15 is 0 Å². The molecule has 3 rings (SSSR count).